The number of amides is 3. The van der Waals surface area contributed by atoms with Crippen molar-refractivity contribution < 1.29 is 52.7 Å². The molecule has 0 spiro atoms. The number of aliphatic hydroxyl groups is 1. The zero-order valence-corrected chi connectivity index (χ0v) is 23.8. The van der Waals surface area contributed by atoms with Gasteiger partial charge in [-0.2, -0.15) is 11.8 Å². The lowest BCUT2D eigenvalue weighted by molar-refractivity contribution is -0.166. The van der Waals surface area contributed by atoms with Crippen LogP contribution in [0.3, 0.4) is 0 Å². The molecule has 4 heterocycles. The first-order valence-corrected chi connectivity index (χ1v) is 15.1. The number of nitrogens with one attached hydrogen (secondary N) is 2. The minimum absolute atomic E-state index is 0.00803. The van der Waals surface area contributed by atoms with Crippen molar-refractivity contribution in [2.75, 3.05) is 65.2 Å². The van der Waals surface area contributed by atoms with E-state index in [0.29, 0.717) is 38.1 Å². The van der Waals surface area contributed by atoms with E-state index in [9.17, 15) is 19.2 Å². The second-order valence-electron chi connectivity index (χ2n) is 9.86. The van der Waals surface area contributed by atoms with E-state index in [0.717, 1.165) is 25.0 Å². The summed E-state index contributed by atoms with van der Waals surface area (Å²) in [5.74, 6) is 0.0978. The van der Waals surface area contributed by atoms with Gasteiger partial charge in [0.25, 0.3) is 0 Å². The number of rotatable bonds is 19. The molecule has 4 saturated heterocycles. The minimum atomic E-state index is -0.962. The van der Waals surface area contributed by atoms with Crippen molar-refractivity contribution >= 4 is 35.6 Å². The third kappa shape index (κ3) is 8.95. The number of hydrogen-bond acceptors (Lipinski definition) is 12. The van der Waals surface area contributed by atoms with Crippen molar-refractivity contribution in [1.82, 2.24) is 15.5 Å². The number of thioether (sulfide) groups is 1. The lowest BCUT2D eigenvalue weighted by Crippen LogP contribution is -2.55. The molecule has 4 fully saturated rings. The minimum Gasteiger partial charge on any atom is -0.472 e. The highest BCUT2D eigenvalue weighted by Crippen LogP contribution is 2.36. The molecule has 0 saturated carbocycles. The Morgan fingerprint density at radius 2 is 1.66 bits per heavy atom. The highest BCUT2D eigenvalue weighted by atomic mass is 32.2. The summed E-state index contributed by atoms with van der Waals surface area (Å²) in [7, 11) is 0. The molecule has 3 amide bonds. The normalized spacial score (nSPS) is 27.1. The Kier molecular flexibility index (Phi) is 12.4. The molecule has 14 nitrogen and oxygen atoms in total. The highest BCUT2D eigenvalue weighted by Gasteiger charge is 2.54. The quantitative estimate of drug-likeness (QED) is 0.0764. The summed E-state index contributed by atoms with van der Waals surface area (Å²) in [4.78, 5) is 48.8. The van der Waals surface area contributed by atoms with Crippen LogP contribution >= 0.6 is 11.8 Å². The Balaban J connectivity index is 0.899. The first-order chi connectivity index (χ1) is 20.0. The fraction of sp³-hybridized carbons (Fsp3) is 0.769. The molecule has 4 aliphatic heterocycles. The molecule has 0 aromatic heterocycles. The summed E-state index contributed by atoms with van der Waals surface area (Å²) in [6, 6.07) is -0.635. The van der Waals surface area contributed by atoms with E-state index in [-0.39, 0.29) is 75.2 Å². The average molecular weight is 602 g/mol. The zero-order valence-electron chi connectivity index (χ0n) is 23.0. The van der Waals surface area contributed by atoms with Crippen molar-refractivity contribution in [2.24, 2.45) is 0 Å². The molecule has 0 radical (unpaired) electrons. The predicted octanol–water partition coefficient (Wildman–Crippen LogP) is -0.318. The largest absolute Gasteiger partial charge is 0.472 e. The molecule has 4 rings (SSSR count). The van der Waals surface area contributed by atoms with Gasteiger partial charge in [-0.15, -0.1) is 0 Å². The molecule has 15 heteroatoms. The molecular formula is C26H39N3O11S. The van der Waals surface area contributed by atoms with Gasteiger partial charge in [-0.25, -0.2) is 9.59 Å². The lowest BCUT2D eigenvalue weighted by atomic mass is 10.0. The number of carbonyl (C=O) groups excluding carboxylic acids is 4. The van der Waals surface area contributed by atoms with Crippen LogP contribution in [0.25, 0.3) is 0 Å². The number of aliphatic hydroxyl groups excluding tert-OH is 1. The number of unbranched alkanes of at least 4 members (excludes halogenated alkanes) is 1. The number of nitrogens with zero attached hydrogens (tertiary/aromatic N) is 1. The molecule has 41 heavy (non-hydrogen) atoms. The zero-order chi connectivity index (χ0) is 29.0. The third-order valence-corrected chi connectivity index (χ3v) is 8.56. The molecule has 230 valence electrons. The maximum absolute atomic E-state index is 12.4. The van der Waals surface area contributed by atoms with E-state index >= 15 is 0 Å². The standard InChI is InChI=1S/C26H39N3O11S/c30-6-5-18-24(29-20(31)15-21(29)40-18)25(33)39-14-12-37-10-8-35-7-9-36-11-13-38-22(32)4-2-1-3-19-23-17(16-41-19)27-26(34)28-23/h5,17,19,21,23-24,30H,1-4,6-16H2,(H2,27,28,34)/b18-5-/t17-,19-,21+,23-,24+/m0/s1. The maximum Gasteiger partial charge on any atom is 0.337 e. The van der Waals surface area contributed by atoms with Gasteiger partial charge in [0.05, 0.1) is 64.8 Å². The van der Waals surface area contributed by atoms with Crippen LogP contribution in [0.4, 0.5) is 4.79 Å². The van der Waals surface area contributed by atoms with E-state index in [2.05, 4.69) is 10.6 Å². The van der Waals surface area contributed by atoms with E-state index in [4.69, 9.17) is 33.5 Å². The number of urea groups is 1. The number of ether oxygens (including phenoxy) is 6. The second kappa shape index (κ2) is 16.2. The summed E-state index contributed by atoms with van der Waals surface area (Å²) in [5, 5.41) is 15.4. The van der Waals surface area contributed by atoms with Crippen LogP contribution < -0.4 is 10.6 Å². The Labute approximate surface area is 242 Å². The Morgan fingerprint density at radius 3 is 2.34 bits per heavy atom. The van der Waals surface area contributed by atoms with Crippen molar-refractivity contribution in [3.05, 3.63) is 11.8 Å². The molecule has 0 aromatic carbocycles. The van der Waals surface area contributed by atoms with E-state index in [1.807, 2.05) is 11.8 Å². The van der Waals surface area contributed by atoms with Crippen LogP contribution in [-0.4, -0.2) is 129 Å². The molecule has 3 N–H and O–H groups in total. The van der Waals surface area contributed by atoms with E-state index < -0.39 is 18.2 Å². The summed E-state index contributed by atoms with van der Waals surface area (Å²) in [6.07, 6.45) is 4.09. The molecule has 4 aliphatic rings. The topological polar surface area (TPSA) is 171 Å². The number of esters is 2. The SMILES string of the molecule is O=C1N[C@H]2[C@H](CS[C@H]2CCCCC(=O)OCCOCCOCCOCCOC(=O)[C@H]2/C(=C/CO)O[C@@H]3CC(=O)N32)N1. The van der Waals surface area contributed by atoms with E-state index in [1.54, 1.807) is 0 Å². The first kappa shape index (κ1) is 31.3. The summed E-state index contributed by atoms with van der Waals surface area (Å²) < 4.78 is 32.1. The van der Waals surface area contributed by atoms with Gasteiger partial charge in [0.15, 0.2) is 12.3 Å². The third-order valence-electron chi connectivity index (χ3n) is 7.05. The summed E-state index contributed by atoms with van der Waals surface area (Å²) >= 11 is 1.87. The van der Waals surface area contributed by atoms with Gasteiger partial charge in [0, 0.05) is 17.4 Å². The molecule has 0 unspecified atom stereocenters. The smallest absolute Gasteiger partial charge is 0.337 e. The van der Waals surface area contributed by atoms with Gasteiger partial charge in [-0.1, -0.05) is 6.42 Å². The Morgan fingerprint density at radius 1 is 0.976 bits per heavy atom. The average Bonchev–Trinajstić information content (AvgIpc) is 3.59. The number of β-lactam (4-membered cyclic amide) rings is 1. The van der Waals surface area contributed by atoms with Gasteiger partial charge >= 0.3 is 18.0 Å². The van der Waals surface area contributed by atoms with E-state index in [1.165, 1.54) is 11.0 Å². The van der Waals surface area contributed by atoms with Gasteiger partial charge in [-0.05, 0) is 18.9 Å². The van der Waals surface area contributed by atoms with Crippen LogP contribution in [0.2, 0.25) is 0 Å². The fourth-order valence-electron chi connectivity index (χ4n) is 5.01. The molecule has 5 atom stereocenters. The maximum atomic E-state index is 12.4. The van der Waals surface area contributed by atoms with Gasteiger partial charge in [0.2, 0.25) is 5.91 Å². The van der Waals surface area contributed by atoms with Crippen LogP contribution in [0, 0.1) is 0 Å². The van der Waals surface area contributed by atoms with Crippen molar-refractivity contribution in [2.45, 2.75) is 61.7 Å². The fourth-order valence-corrected chi connectivity index (χ4v) is 6.56. The lowest BCUT2D eigenvalue weighted by Gasteiger charge is -2.33. The van der Waals surface area contributed by atoms with Gasteiger partial charge < -0.3 is 44.2 Å². The first-order valence-electron chi connectivity index (χ1n) is 14.0. The molecule has 0 bridgehead atoms. The summed E-state index contributed by atoms with van der Waals surface area (Å²) in [6.45, 7) is 1.69. The number of hydrogen-bond donors (Lipinski definition) is 3. The van der Waals surface area contributed by atoms with Crippen LogP contribution in [0.1, 0.15) is 32.1 Å². The number of carbonyl (C=O) groups is 4. The Bertz CT molecular complexity index is 952. The van der Waals surface area contributed by atoms with Crippen LogP contribution in [-0.2, 0) is 42.8 Å². The number of fused-ring (bicyclic) bond motifs is 2. The summed E-state index contributed by atoms with van der Waals surface area (Å²) in [5.41, 5.74) is 0. The predicted molar refractivity (Wildman–Crippen MR) is 144 cm³/mol. The molecular weight excluding hydrogens is 562 g/mol. The van der Waals surface area contributed by atoms with Crippen molar-refractivity contribution in [1.29, 1.82) is 0 Å². The van der Waals surface area contributed by atoms with Gasteiger partial charge in [-0.3, -0.25) is 14.5 Å². The Hall–Kier alpha value is -2.59. The van der Waals surface area contributed by atoms with Gasteiger partial charge in [0.1, 0.15) is 19.0 Å². The monoisotopic (exact) mass is 601 g/mol. The molecule has 0 aromatic rings. The highest BCUT2D eigenvalue weighted by molar-refractivity contribution is 8.00. The van der Waals surface area contributed by atoms with Crippen molar-refractivity contribution in [3.63, 3.8) is 0 Å². The van der Waals surface area contributed by atoms with Crippen LogP contribution in [0.5, 0.6) is 0 Å². The van der Waals surface area contributed by atoms with Crippen molar-refractivity contribution in [3.8, 4) is 0 Å². The second-order valence-corrected chi connectivity index (χ2v) is 11.1. The molecule has 0 aliphatic carbocycles. The van der Waals surface area contributed by atoms with Crippen LogP contribution in [0.15, 0.2) is 11.8 Å².